The van der Waals surface area contributed by atoms with Gasteiger partial charge in [-0.1, -0.05) is 17.7 Å². The van der Waals surface area contributed by atoms with Gasteiger partial charge >= 0.3 is 0 Å². The van der Waals surface area contributed by atoms with Crippen molar-refractivity contribution in [2.24, 2.45) is 10.1 Å². The lowest BCUT2D eigenvalue weighted by Crippen LogP contribution is -2.33. The summed E-state index contributed by atoms with van der Waals surface area (Å²) in [4.78, 5) is 22.5. The molecule has 1 aromatic carbocycles. The number of hydrogen-bond donors (Lipinski definition) is 0. The zero-order valence-electron chi connectivity index (χ0n) is 13.5. The molecule has 2 aromatic rings. The summed E-state index contributed by atoms with van der Waals surface area (Å²) >= 11 is 5.77. The van der Waals surface area contributed by atoms with E-state index in [9.17, 15) is 14.5 Å². The van der Waals surface area contributed by atoms with Gasteiger partial charge in [-0.05, 0) is 35.9 Å². The summed E-state index contributed by atoms with van der Waals surface area (Å²) in [5, 5.41) is 14.0. The van der Waals surface area contributed by atoms with E-state index in [1.54, 1.807) is 28.1 Å². The van der Waals surface area contributed by atoms with Crippen LogP contribution < -0.4 is 0 Å². The lowest BCUT2D eigenvalue weighted by molar-refractivity contribution is -0.486. The Balaban J connectivity index is 1.77. The monoisotopic (exact) mass is 376 g/mol. The molecule has 134 valence electrons. The molecule has 1 aliphatic heterocycles. The summed E-state index contributed by atoms with van der Waals surface area (Å²) in [7, 11) is 0. The van der Waals surface area contributed by atoms with Crippen molar-refractivity contribution in [3.8, 4) is 0 Å². The Hall–Kier alpha value is -3.07. The summed E-state index contributed by atoms with van der Waals surface area (Å²) in [6.07, 6.45) is 3.07. The predicted octanol–water partition coefficient (Wildman–Crippen LogP) is 2.90. The molecule has 0 bridgehead atoms. The summed E-state index contributed by atoms with van der Waals surface area (Å²) in [5.41, 5.74) is 1.38. The second-order valence-electron chi connectivity index (χ2n) is 5.46. The number of aromatic nitrogens is 1. The number of pyridine rings is 1. The van der Waals surface area contributed by atoms with E-state index in [1.807, 2.05) is 0 Å². The van der Waals surface area contributed by atoms with Crippen molar-refractivity contribution in [1.82, 2.24) is 14.8 Å². The van der Waals surface area contributed by atoms with Gasteiger partial charge in [0.25, 0.3) is 5.96 Å². The van der Waals surface area contributed by atoms with E-state index in [2.05, 4.69) is 15.1 Å². The maximum atomic E-state index is 12.9. The third-order valence-electron chi connectivity index (χ3n) is 3.66. The zero-order valence-corrected chi connectivity index (χ0v) is 14.3. The van der Waals surface area contributed by atoms with Crippen molar-refractivity contribution in [3.05, 3.63) is 69.2 Å². The Labute approximate surface area is 153 Å². The van der Waals surface area contributed by atoms with E-state index in [4.69, 9.17) is 11.6 Å². The quantitative estimate of drug-likeness (QED) is 0.263. The first-order valence-corrected chi connectivity index (χ1v) is 8.04. The molecule has 0 aliphatic carbocycles. The Morgan fingerprint density at radius 3 is 2.69 bits per heavy atom. The Kier molecular flexibility index (Phi) is 5.37. The highest BCUT2D eigenvalue weighted by molar-refractivity contribution is 6.29. The molecule has 1 saturated heterocycles. The fraction of sp³-hybridized carbons (Fsp3) is 0.188. The lowest BCUT2D eigenvalue weighted by atomic mass is 10.3. The normalized spacial score (nSPS) is 16.0. The summed E-state index contributed by atoms with van der Waals surface area (Å²) in [6, 6.07) is 9.08. The molecular formula is C16H14ClFN6O2. The average molecular weight is 377 g/mol. The van der Waals surface area contributed by atoms with Crippen LogP contribution in [0.25, 0.3) is 0 Å². The number of nitrogens with zero attached hydrogens (tertiary/aromatic N) is 6. The standard InChI is InChI=1S/C16H14ClFN6O2/c17-15-6-1-12(9-19-15)10-22-7-8-23(16(22)21-24(25)26)11-20-14-4-2-13(18)3-5-14/h1-6,9,11H,7-8,10H2. The van der Waals surface area contributed by atoms with Gasteiger partial charge < -0.3 is 4.90 Å². The third-order valence-corrected chi connectivity index (χ3v) is 3.88. The van der Waals surface area contributed by atoms with Gasteiger partial charge in [-0.2, -0.15) is 0 Å². The SMILES string of the molecule is O=[N+]([O-])N=C1N(C=Nc2ccc(F)cc2)CCN1Cc1ccc(Cl)nc1. The molecule has 1 aliphatic rings. The molecular weight excluding hydrogens is 363 g/mol. The number of rotatable bonds is 5. The number of guanidine groups is 1. The molecule has 10 heteroatoms. The van der Waals surface area contributed by atoms with Crippen LogP contribution in [0.4, 0.5) is 10.1 Å². The second kappa shape index (κ2) is 7.87. The van der Waals surface area contributed by atoms with Crippen molar-refractivity contribution in [1.29, 1.82) is 0 Å². The minimum Gasteiger partial charge on any atom is -0.331 e. The highest BCUT2D eigenvalue weighted by Crippen LogP contribution is 2.16. The van der Waals surface area contributed by atoms with Gasteiger partial charge in [0.2, 0.25) is 0 Å². The molecule has 0 spiro atoms. The molecule has 0 saturated carbocycles. The fourth-order valence-corrected chi connectivity index (χ4v) is 2.56. The van der Waals surface area contributed by atoms with Crippen LogP contribution in [-0.4, -0.2) is 45.2 Å². The number of halogens is 2. The number of aliphatic imine (C=N–C) groups is 1. The first-order valence-electron chi connectivity index (χ1n) is 7.66. The third kappa shape index (κ3) is 4.51. The van der Waals surface area contributed by atoms with E-state index in [0.29, 0.717) is 30.5 Å². The maximum absolute atomic E-state index is 12.9. The average Bonchev–Trinajstić information content (AvgIpc) is 2.97. The number of hydrogen-bond acceptors (Lipinski definition) is 4. The molecule has 2 heterocycles. The van der Waals surface area contributed by atoms with Crippen LogP contribution in [-0.2, 0) is 6.54 Å². The molecule has 0 amide bonds. The molecule has 26 heavy (non-hydrogen) atoms. The van der Waals surface area contributed by atoms with Gasteiger partial charge in [-0.25, -0.2) is 24.5 Å². The summed E-state index contributed by atoms with van der Waals surface area (Å²) in [6.45, 7) is 1.42. The van der Waals surface area contributed by atoms with Crippen LogP contribution >= 0.6 is 11.6 Å². The molecule has 8 nitrogen and oxygen atoms in total. The van der Waals surface area contributed by atoms with Crippen molar-refractivity contribution in [3.63, 3.8) is 0 Å². The molecule has 0 atom stereocenters. The topological polar surface area (TPSA) is 87.2 Å². The smallest absolute Gasteiger partial charge is 0.279 e. The molecule has 3 rings (SSSR count). The molecule has 0 unspecified atom stereocenters. The second-order valence-corrected chi connectivity index (χ2v) is 5.85. The first kappa shape index (κ1) is 17.7. The van der Waals surface area contributed by atoms with Crippen molar-refractivity contribution in [2.45, 2.75) is 6.54 Å². The fourth-order valence-electron chi connectivity index (χ4n) is 2.45. The highest BCUT2D eigenvalue weighted by atomic mass is 35.5. The van der Waals surface area contributed by atoms with Gasteiger partial charge in [0.05, 0.1) is 12.0 Å². The number of hydrazone groups is 1. The van der Waals surface area contributed by atoms with Crippen LogP contribution in [0, 0.1) is 15.9 Å². The minimum absolute atomic E-state index is 0.177. The van der Waals surface area contributed by atoms with E-state index in [0.717, 1.165) is 5.56 Å². The Morgan fingerprint density at radius 2 is 2.04 bits per heavy atom. The minimum atomic E-state index is -0.744. The Bertz CT molecular complexity index is 841. The van der Waals surface area contributed by atoms with Crippen LogP contribution in [0.2, 0.25) is 5.15 Å². The highest BCUT2D eigenvalue weighted by Gasteiger charge is 2.29. The van der Waals surface area contributed by atoms with Gasteiger partial charge in [0, 0.05) is 25.8 Å². The largest absolute Gasteiger partial charge is 0.331 e. The van der Waals surface area contributed by atoms with Crippen molar-refractivity contribution >= 4 is 29.6 Å². The Morgan fingerprint density at radius 1 is 1.27 bits per heavy atom. The summed E-state index contributed by atoms with van der Waals surface area (Å²) in [5.74, 6) is -0.181. The molecule has 1 aromatic heterocycles. The zero-order chi connectivity index (χ0) is 18.5. The van der Waals surface area contributed by atoms with Crippen LogP contribution in [0.15, 0.2) is 52.7 Å². The molecule has 0 radical (unpaired) electrons. The first-order chi connectivity index (χ1) is 12.5. The van der Waals surface area contributed by atoms with Crippen LogP contribution in [0.3, 0.4) is 0 Å². The van der Waals surface area contributed by atoms with Crippen LogP contribution in [0.5, 0.6) is 0 Å². The van der Waals surface area contributed by atoms with Gasteiger partial charge in [-0.3, -0.25) is 4.90 Å². The van der Waals surface area contributed by atoms with Crippen molar-refractivity contribution in [2.75, 3.05) is 13.1 Å². The van der Waals surface area contributed by atoms with Gasteiger partial charge in [0.1, 0.15) is 16.1 Å². The predicted molar refractivity (Wildman–Crippen MR) is 95.3 cm³/mol. The number of benzene rings is 1. The van der Waals surface area contributed by atoms with Gasteiger partial charge in [0.15, 0.2) is 5.03 Å². The number of nitro groups is 1. The molecule has 1 fully saturated rings. The lowest BCUT2D eigenvalue weighted by Gasteiger charge is -2.17. The van der Waals surface area contributed by atoms with Gasteiger partial charge in [-0.15, -0.1) is 0 Å². The van der Waals surface area contributed by atoms with E-state index in [-0.39, 0.29) is 11.8 Å². The van der Waals surface area contributed by atoms with Crippen LogP contribution in [0.1, 0.15) is 5.56 Å². The van der Waals surface area contributed by atoms with E-state index in [1.165, 1.54) is 30.6 Å². The molecule has 0 N–H and O–H groups in total. The van der Waals surface area contributed by atoms with E-state index < -0.39 is 5.03 Å². The van der Waals surface area contributed by atoms with E-state index >= 15 is 0 Å². The van der Waals surface area contributed by atoms with Crippen molar-refractivity contribution < 1.29 is 9.42 Å². The summed E-state index contributed by atoms with van der Waals surface area (Å²) < 4.78 is 12.9. The maximum Gasteiger partial charge on any atom is 0.279 e.